The Bertz CT molecular complexity index is 586. The van der Waals surface area contributed by atoms with Crippen LogP contribution in [-0.2, 0) is 11.2 Å². The normalized spacial score (nSPS) is 10.4. The molecule has 1 aromatic heterocycles. The minimum Gasteiger partial charge on any atom is -0.484 e. The Balaban J connectivity index is 1.78. The molecular formula is C14H16IN3O2S. The summed E-state index contributed by atoms with van der Waals surface area (Å²) in [5.41, 5.74) is 0. The second-order valence-electron chi connectivity index (χ2n) is 4.40. The number of aryl methyl sites for hydroxylation is 1. The van der Waals surface area contributed by atoms with Crippen LogP contribution in [0.2, 0.25) is 0 Å². The Morgan fingerprint density at radius 2 is 2.10 bits per heavy atom. The minimum absolute atomic E-state index is 0.0372. The summed E-state index contributed by atoms with van der Waals surface area (Å²) < 4.78 is 6.53. The van der Waals surface area contributed by atoms with E-state index >= 15 is 0 Å². The van der Waals surface area contributed by atoms with Crippen LogP contribution in [-0.4, -0.2) is 22.7 Å². The van der Waals surface area contributed by atoms with Gasteiger partial charge in [0.1, 0.15) is 10.8 Å². The second kappa shape index (κ2) is 8.28. The highest BCUT2D eigenvalue weighted by atomic mass is 127. The smallest absolute Gasteiger partial charge is 0.264 e. The first kappa shape index (κ1) is 16.2. The molecule has 1 aromatic carbocycles. The number of carbonyl (C=O) groups excluding carboxylic acids is 1. The lowest BCUT2D eigenvalue weighted by atomic mass is 10.3. The minimum atomic E-state index is -0.230. The Morgan fingerprint density at radius 3 is 2.81 bits per heavy atom. The molecule has 1 amide bonds. The number of hydrogen-bond donors (Lipinski definition) is 1. The van der Waals surface area contributed by atoms with E-state index in [4.69, 9.17) is 4.74 Å². The van der Waals surface area contributed by atoms with E-state index in [-0.39, 0.29) is 12.5 Å². The van der Waals surface area contributed by atoms with Crippen molar-refractivity contribution in [2.45, 2.75) is 26.2 Å². The van der Waals surface area contributed by atoms with E-state index in [2.05, 4.69) is 45.0 Å². The first-order valence-corrected chi connectivity index (χ1v) is 8.57. The van der Waals surface area contributed by atoms with Crippen molar-refractivity contribution in [3.63, 3.8) is 0 Å². The molecule has 0 aliphatic rings. The SMILES string of the molecule is CCCCc1nnc(NC(=O)COc2ccc(I)cc2)s1. The maximum atomic E-state index is 11.8. The second-order valence-corrected chi connectivity index (χ2v) is 6.70. The van der Waals surface area contributed by atoms with Crippen molar-refractivity contribution in [2.24, 2.45) is 0 Å². The summed E-state index contributed by atoms with van der Waals surface area (Å²) in [6.45, 7) is 2.09. The number of ether oxygens (including phenoxy) is 1. The number of rotatable bonds is 7. The van der Waals surface area contributed by atoms with Crippen LogP contribution in [0.15, 0.2) is 24.3 Å². The van der Waals surface area contributed by atoms with Gasteiger partial charge in [-0.15, -0.1) is 10.2 Å². The maximum Gasteiger partial charge on any atom is 0.264 e. The van der Waals surface area contributed by atoms with Crippen LogP contribution < -0.4 is 10.1 Å². The molecule has 0 radical (unpaired) electrons. The molecule has 0 spiro atoms. The van der Waals surface area contributed by atoms with Crippen molar-refractivity contribution in [1.29, 1.82) is 0 Å². The van der Waals surface area contributed by atoms with Gasteiger partial charge in [-0.25, -0.2) is 0 Å². The average Bonchev–Trinajstić information content (AvgIpc) is 2.92. The Morgan fingerprint density at radius 1 is 1.33 bits per heavy atom. The molecular weight excluding hydrogens is 401 g/mol. The number of benzene rings is 1. The van der Waals surface area contributed by atoms with Gasteiger partial charge >= 0.3 is 0 Å². The van der Waals surface area contributed by atoms with E-state index in [1.807, 2.05) is 24.3 Å². The summed E-state index contributed by atoms with van der Waals surface area (Å²) in [6.07, 6.45) is 3.10. The number of nitrogens with one attached hydrogen (secondary N) is 1. The van der Waals surface area contributed by atoms with E-state index in [1.54, 1.807) is 0 Å². The first-order valence-electron chi connectivity index (χ1n) is 6.68. The third kappa shape index (κ3) is 5.58. The number of amides is 1. The standard InChI is InChI=1S/C14H16IN3O2S/c1-2-3-4-13-17-18-14(21-13)16-12(19)9-20-11-7-5-10(15)6-8-11/h5-8H,2-4,9H2,1H3,(H,16,18,19). The van der Waals surface area contributed by atoms with Crippen LogP contribution in [0.1, 0.15) is 24.8 Å². The highest BCUT2D eigenvalue weighted by Crippen LogP contribution is 2.17. The lowest BCUT2D eigenvalue weighted by Gasteiger charge is -2.05. The van der Waals surface area contributed by atoms with Gasteiger partial charge < -0.3 is 4.74 Å². The van der Waals surface area contributed by atoms with E-state index < -0.39 is 0 Å². The van der Waals surface area contributed by atoms with E-state index in [0.29, 0.717) is 10.9 Å². The van der Waals surface area contributed by atoms with Crippen molar-refractivity contribution in [3.8, 4) is 5.75 Å². The zero-order chi connectivity index (χ0) is 15.1. The Labute approximate surface area is 141 Å². The number of anilines is 1. The summed E-state index contributed by atoms with van der Waals surface area (Å²) in [7, 11) is 0. The fraction of sp³-hybridized carbons (Fsp3) is 0.357. The van der Waals surface area contributed by atoms with Crippen LogP contribution in [0, 0.1) is 3.57 Å². The zero-order valence-electron chi connectivity index (χ0n) is 11.6. The fourth-order valence-corrected chi connectivity index (χ4v) is 2.73. The molecule has 112 valence electrons. The quantitative estimate of drug-likeness (QED) is 0.701. The fourth-order valence-electron chi connectivity index (χ4n) is 1.57. The predicted molar refractivity (Wildman–Crippen MR) is 91.8 cm³/mol. The van der Waals surface area contributed by atoms with Crippen LogP contribution in [0.5, 0.6) is 5.75 Å². The van der Waals surface area contributed by atoms with Gasteiger partial charge in [0, 0.05) is 9.99 Å². The van der Waals surface area contributed by atoms with Crippen LogP contribution in [0.3, 0.4) is 0 Å². The molecule has 0 atom stereocenters. The predicted octanol–water partition coefficient (Wildman–Crippen LogP) is 3.50. The number of hydrogen-bond acceptors (Lipinski definition) is 5. The number of halogens is 1. The largest absolute Gasteiger partial charge is 0.484 e. The topological polar surface area (TPSA) is 64.1 Å². The van der Waals surface area contributed by atoms with Crippen molar-refractivity contribution < 1.29 is 9.53 Å². The highest BCUT2D eigenvalue weighted by molar-refractivity contribution is 14.1. The monoisotopic (exact) mass is 417 g/mol. The van der Waals surface area contributed by atoms with Crippen LogP contribution in [0.25, 0.3) is 0 Å². The molecule has 0 fully saturated rings. The number of unbranched alkanes of at least 4 members (excludes halogenated alkanes) is 1. The molecule has 0 saturated carbocycles. The van der Waals surface area contributed by atoms with Crippen LogP contribution >= 0.6 is 33.9 Å². The lowest BCUT2D eigenvalue weighted by molar-refractivity contribution is -0.118. The molecule has 0 unspecified atom stereocenters. The van der Waals surface area contributed by atoms with Crippen molar-refractivity contribution in [1.82, 2.24) is 10.2 Å². The van der Waals surface area contributed by atoms with E-state index in [1.165, 1.54) is 11.3 Å². The summed E-state index contributed by atoms with van der Waals surface area (Å²) in [5.74, 6) is 0.443. The van der Waals surface area contributed by atoms with Gasteiger partial charge in [0.25, 0.3) is 5.91 Å². The molecule has 1 heterocycles. The molecule has 0 saturated heterocycles. The molecule has 21 heavy (non-hydrogen) atoms. The Kier molecular flexibility index (Phi) is 6.37. The number of nitrogens with zero attached hydrogens (tertiary/aromatic N) is 2. The van der Waals surface area contributed by atoms with Gasteiger partial charge in [-0.3, -0.25) is 10.1 Å². The third-order valence-corrected chi connectivity index (χ3v) is 4.26. The third-order valence-electron chi connectivity index (χ3n) is 2.64. The van der Waals surface area contributed by atoms with Crippen LogP contribution in [0.4, 0.5) is 5.13 Å². The Hall–Kier alpha value is -1.22. The molecule has 0 aliphatic heterocycles. The summed E-state index contributed by atoms with van der Waals surface area (Å²) in [5, 5.41) is 12.2. The summed E-state index contributed by atoms with van der Waals surface area (Å²) in [6, 6.07) is 7.53. The summed E-state index contributed by atoms with van der Waals surface area (Å²) in [4.78, 5) is 11.8. The number of aromatic nitrogens is 2. The van der Waals surface area contributed by atoms with E-state index in [0.717, 1.165) is 27.8 Å². The van der Waals surface area contributed by atoms with Crippen molar-refractivity contribution >= 4 is 45.0 Å². The summed E-state index contributed by atoms with van der Waals surface area (Å²) >= 11 is 3.63. The van der Waals surface area contributed by atoms with Crippen molar-refractivity contribution in [2.75, 3.05) is 11.9 Å². The van der Waals surface area contributed by atoms with Gasteiger partial charge in [0.15, 0.2) is 6.61 Å². The molecule has 5 nitrogen and oxygen atoms in total. The van der Waals surface area contributed by atoms with Gasteiger partial charge in [-0.05, 0) is 53.3 Å². The maximum absolute atomic E-state index is 11.8. The zero-order valence-corrected chi connectivity index (χ0v) is 14.6. The first-order chi connectivity index (χ1) is 10.2. The van der Waals surface area contributed by atoms with Gasteiger partial charge in [0.05, 0.1) is 0 Å². The molecule has 1 N–H and O–H groups in total. The van der Waals surface area contributed by atoms with Gasteiger partial charge in [-0.2, -0.15) is 0 Å². The molecule has 0 bridgehead atoms. The van der Waals surface area contributed by atoms with E-state index in [9.17, 15) is 4.79 Å². The average molecular weight is 417 g/mol. The van der Waals surface area contributed by atoms with Crippen molar-refractivity contribution in [3.05, 3.63) is 32.8 Å². The highest BCUT2D eigenvalue weighted by Gasteiger charge is 2.08. The number of carbonyl (C=O) groups is 1. The molecule has 0 aliphatic carbocycles. The van der Waals surface area contributed by atoms with Gasteiger partial charge in [0.2, 0.25) is 5.13 Å². The molecule has 2 rings (SSSR count). The van der Waals surface area contributed by atoms with Gasteiger partial charge in [-0.1, -0.05) is 24.7 Å². The molecule has 7 heteroatoms. The molecule has 2 aromatic rings. The lowest BCUT2D eigenvalue weighted by Crippen LogP contribution is -2.20.